The number of hydrogen-bond acceptors (Lipinski definition) is 6. The van der Waals surface area contributed by atoms with Gasteiger partial charge in [-0.25, -0.2) is 0 Å². The summed E-state index contributed by atoms with van der Waals surface area (Å²) in [7, 11) is 0. The molecule has 1 aromatic rings. The average Bonchev–Trinajstić information content (AvgIpc) is 3.10. The molecule has 1 aromatic carbocycles. The molecule has 0 aromatic heterocycles. The van der Waals surface area contributed by atoms with E-state index in [4.69, 9.17) is 18.9 Å². The maximum absolute atomic E-state index is 10.9. The maximum atomic E-state index is 10.9. The van der Waals surface area contributed by atoms with Crippen molar-refractivity contribution in [2.75, 3.05) is 26.6 Å². The molecule has 0 radical (unpaired) electrons. The normalized spacial score (nSPS) is 26.9. The van der Waals surface area contributed by atoms with Crippen LogP contribution in [0.15, 0.2) is 18.2 Å². The van der Waals surface area contributed by atoms with Crippen LogP contribution in [0.1, 0.15) is 18.6 Å². The summed E-state index contributed by atoms with van der Waals surface area (Å²) in [5.74, 6) is 0.974. The molecule has 0 unspecified atom stereocenters. The molecule has 0 aliphatic carbocycles. The lowest BCUT2D eigenvalue weighted by atomic mass is 9.88. The summed E-state index contributed by atoms with van der Waals surface area (Å²) in [6, 6.07) is 5.63. The smallest absolute Gasteiger partial charge is 0.302 e. The molecule has 2 aliphatic rings. The quantitative estimate of drug-likeness (QED) is 0.843. The van der Waals surface area contributed by atoms with Crippen LogP contribution >= 0.6 is 0 Å². The molecular formula is C15H18O6. The van der Waals surface area contributed by atoms with Gasteiger partial charge in [0, 0.05) is 25.4 Å². The van der Waals surface area contributed by atoms with Gasteiger partial charge in [-0.05, 0) is 17.7 Å². The van der Waals surface area contributed by atoms with Gasteiger partial charge < -0.3 is 24.1 Å². The second kappa shape index (κ2) is 5.91. The van der Waals surface area contributed by atoms with E-state index in [1.807, 2.05) is 18.2 Å². The minimum absolute atomic E-state index is 0.00526. The largest absolute Gasteiger partial charge is 0.465 e. The van der Waals surface area contributed by atoms with E-state index in [1.54, 1.807) is 0 Å². The highest BCUT2D eigenvalue weighted by atomic mass is 16.7. The van der Waals surface area contributed by atoms with Crippen LogP contribution in [0.5, 0.6) is 11.5 Å². The van der Waals surface area contributed by atoms with Crippen molar-refractivity contribution in [1.29, 1.82) is 0 Å². The van der Waals surface area contributed by atoms with E-state index < -0.39 is 0 Å². The fourth-order valence-electron chi connectivity index (χ4n) is 2.80. The highest BCUT2D eigenvalue weighted by Crippen LogP contribution is 2.42. The molecule has 3 rings (SSSR count). The standard InChI is InChI=1S/C15H18O6/c1-9(17)18-6-11-7-19-15(12(11)5-16)10-2-3-13-14(4-10)21-8-20-13/h2-4,11-12,15-16H,5-8H2,1H3/t11-,12+,15-/m1/s1. The summed E-state index contributed by atoms with van der Waals surface area (Å²) in [6.07, 6.45) is -0.231. The molecule has 6 nitrogen and oxygen atoms in total. The number of carbonyl (C=O) groups is 1. The summed E-state index contributed by atoms with van der Waals surface area (Å²) in [4.78, 5) is 10.9. The lowest BCUT2D eigenvalue weighted by Crippen LogP contribution is -2.24. The van der Waals surface area contributed by atoms with Crippen molar-refractivity contribution < 1.29 is 28.8 Å². The van der Waals surface area contributed by atoms with E-state index in [-0.39, 0.29) is 43.9 Å². The monoisotopic (exact) mass is 294 g/mol. The molecule has 2 aliphatic heterocycles. The van der Waals surface area contributed by atoms with Gasteiger partial charge in [0.05, 0.1) is 19.3 Å². The Bertz CT molecular complexity index is 529. The van der Waals surface area contributed by atoms with Gasteiger partial charge in [-0.1, -0.05) is 6.07 Å². The zero-order valence-corrected chi connectivity index (χ0v) is 11.8. The number of ether oxygens (including phenoxy) is 4. The molecule has 1 saturated heterocycles. The van der Waals surface area contributed by atoms with Gasteiger partial charge in [0.1, 0.15) is 0 Å². The molecule has 21 heavy (non-hydrogen) atoms. The molecule has 2 heterocycles. The summed E-state index contributed by atoms with van der Waals surface area (Å²) < 4.78 is 21.5. The van der Waals surface area contributed by atoms with Crippen LogP contribution in [0, 0.1) is 11.8 Å². The highest BCUT2D eigenvalue weighted by molar-refractivity contribution is 5.65. The van der Waals surface area contributed by atoms with E-state index in [0.29, 0.717) is 18.1 Å². The van der Waals surface area contributed by atoms with E-state index >= 15 is 0 Å². The Labute approximate surface area is 122 Å². The Morgan fingerprint density at radius 2 is 2.19 bits per heavy atom. The molecule has 1 N–H and O–H groups in total. The van der Waals surface area contributed by atoms with Crippen LogP contribution in [-0.2, 0) is 14.3 Å². The van der Waals surface area contributed by atoms with E-state index in [1.165, 1.54) is 6.92 Å². The number of rotatable bonds is 4. The van der Waals surface area contributed by atoms with Crippen LogP contribution < -0.4 is 9.47 Å². The zero-order valence-electron chi connectivity index (χ0n) is 11.8. The number of hydrogen-bond donors (Lipinski definition) is 1. The lowest BCUT2D eigenvalue weighted by molar-refractivity contribution is -0.142. The number of aliphatic hydroxyl groups excluding tert-OH is 1. The maximum Gasteiger partial charge on any atom is 0.302 e. The number of esters is 1. The number of carbonyl (C=O) groups excluding carboxylic acids is 1. The Hall–Kier alpha value is -1.79. The van der Waals surface area contributed by atoms with Gasteiger partial charge in [0.2, 0.25) is 6.79 Å². The molecule has 0 saturated carbocycles. The Kier molecular flexibility index (Phi) is 3.98. The van der Waals surface area contributed by atoms with Crippen molar-refractivity contribution in [1.82, 2.24) is 0 Å². The minimum atomic E-state index is -0.321. The Balaban J connectivity index is 1.74. The summed E-state index contributed by atoms with van der Waals surface area (Å²) in [5, 5.41) is 9.65. The predicted octanol–water partition coefficient (Wildman–Crippen LogP) is 1.27. The van der Waals surface area contributed by atoms with Crippen LogP contribution in [0.4, 0.5) is 0 Å². The molecule has 114 valence electrons. The van der Waals surface area contributed by atoms with Gasteiger partial charge in [0.25, 0.3) is 0 Å². The third kappa shape index (κ3) is 2.82. The van der Waals surface area contributed by atoms with Crippen LogP contribution in [0.2, 0.25) is 0 Å². The van der Waals surface area contributed by atoms with Gasteiger partial charge in [-0.3, -0.25) is 4.79 Å². The van der Waals surface area contributed by atoms with E-state index in [2.05, 4.69) is 0 Å². The molecule has 1 fully saturated rings. The van der Waals surface area contributed by atoms with Crippen LogP contribution in [-0.4, -0.2) is 37.7 Å². The second-order valence-corrected chi connectivity index (χ2v) is 5.28. The average molecular weight is 294 g/mol. The Morgan fingerprint density at radius 1 is 1.38 bits per heavy atom. The second-order valence-electron chi connectivity index (χ2n) is 5.28. The van der Waals surface area contributed by atoms with Crippen molar-refractivity contribution in [3.63, 3.8) is 0 Å². The molecule has 6 heteroatoms. The number of benzene rings is 1. The predicted molar refractivity (Wildman–Crippen MR) is 72.0 cm³/mol. The summed E-state index contributed by atoms with van der Waals surface area (Å²) >= 11 is 0. The first-order valence-electron chi connectivity index (χ1n) is 6.94. The SMILES string of the molecule is CC(=O)OC[C@@H]1CO[C@H](c2ccc3c(c2)OCO3)[C@H]1CO. The molecule has 0 bridgehead atoms. The van der Waals surface area contributed by atoms with Gasteiger partial charge >= 0.3 is 5.97 Å². The lowest BCUT2D eigenvalue weighted by Gasteiger charge is -2.21. The van der Waals surface area contributed by atoms with Crippen molar-refractivity contribution in [2.24, 2.45) is 11.8 Å². The molecule has 0 spiro atoms. The first-order chi connectivity index (χ1) is 10.2. The molecule has 3 atom stereocenters. The first kappa shape index (κ1) is 14.2. The van der Waals surface area contributed by atoms with Crippen LogP contribution in [0.3, 0.4) is 0 Å². The third-order valence-corrected chi connectivity index (χ3v) is 3.92. The summed E-state index contributed by atoms with van der Waals surface area (Å²) in [6.45, 7) is 2.30. The van der Waals surface area contributed by atoms with Crippen molar-refractivity contribution in [3.8, 4) is 11.5 Å². The third-order valence-electron chi connectivity index (χ3n) is 3.92. The minimum Gasteiger partial charge on any atom is -0.465 e. The van der Waals surface area contributed by atoms with Crippen molar-refractivity contribution >= 4 is 5.97 Å². The number of aliphatic hydroxyl groups is 1. The summed E-state index contributed by atoms with van der Waals surface area (Å²) in [5.41, 5.74) is 0.934. The van der Waals surface area contributed by atoms with Gasteiger partial charge in [-0.15, -0.1) is 0 Å². The Morgan fingerprint density at radius 3 is 2.95 bits per heavy atom. The van der Waals surface area contributed by atoms with E-state index in [9.17, 15) is 9.90 Å². The number of fused-ring (bicyclic) bond motifs is 1. The van der Waals surface area contributed by atoms with Crippen LogP contribution in [0.25, 0.3) is 0 Å². The highest BCUT2D eigenvalue weighted by Gasteiger charge is 2.38. The van der Waals surface area contributed by atoms with E-state index in [0.717, 1.165) is 5.56 Å². The van der Waals surface area contributed by atoms with Crippen molar-refractivity contribution in [3.05, 3.63) is 23.8 Å². The fraction of sp³-hybridized carbons (Fsp3) is 0.533. The topological polar surface area (TPSA) is 74.2 Å². The molecular weight excluding hydrogens is 276 g/mol. The first-order valence-corrected chi connectivity index (χ1v) is 6.94. The van der Waals surface area contributed by atoms with Crippen molar-refractivity contribution in [2.45, 2.75) is 13.0 Å². The molecule has 0 amide bonds. The fourth-order valence-corrected chi connectivity index (χ4v) is 2.80. The van der Waals surface area contributed by atoms with Gasteiger partial charge in [0.15, 0.2) is 11.5 Å². The van der Waals surface area contributed by atoms with Gasteiger partial charge in [-0.2, -0.15) is 0 Å². The zero-order chi connectivity index (χ0) is 14.8.